The van der Waals surface area contributed by atoms with Gasteiger partial charge in [-0.25, -0.2) is 0 Å². The topological polar surface area (TPSA) is 41.9 Å². The average molecular weight is 349 g/mol. The van der Waals surface area contributed by atoms with Crippen LogP contribution >= 0.6 is 0 Å². The fourth-order valence-corrected chi connectivity index (χ4v) is 4.44. The number of rotatable bonds is 2. The van der Waals surface area contributed by atoms with Gasteiger partial charge in [-0.05, 0) is 35.6 Å². The van der Waals surface area contributed by atoms with Crippen molar-refractivity contribution in [3.8, 4) is 11.5 Å². The van der Waals surface area contributed by atoms with Crippen LogP contribution in [0.15, 0.2) is 48.5 Å². The lowest BCUT2D eigenvalue weighted by Crippen LogP contribution is -2.40. The number of aliphatic hydroxyl groups excluding tert-OH is 1. The van der Waals surface area contributed by atoms with Crippen LogP contribution in [0.3, 0.4) is 0 Å². The summed E-state index contributed by atoms with van der Waals surface area (Å²) in [6.07, 6.45) is 3.78. The molecule has 2 aliphatic heterocycles. The minimum absolute atomic E-state index is 0.175. The summed E-state index contributed by atoms with van der Waals surface area (Å²) in [6, 6.07) is 14.6. The Morgan fingerprint density at radius 1 is 1.00 bits per heavy atom. The van der Waals surface area contributed by atoms with Gasteiger partial charge in [0, 0.05) is 24.7 Å². The molecule has 5 rings (SSSR count). The van der Waals surface area contributed by atoms with Gasteiger partial charge in [-0.2, -0.15) is 0 Å². The van der Waals surface area contributed by atoms with E-state index in [-0.39, 0.29) is 12.1 Å². The minimum Gasteiger partial charge on any atom is -0.486 e. The maximum absolute atomic E-state index is 10.7. The number of fused-ring (bicyclic) bond motifs is 2. The Balaban J connectivity index is 1.36. The van der Waals surface area contributed by atoms with Crippen molar-refractivity contribution in [3.05, 3.63) is 65.2 Å². The van der Waals surface area contributed by atoms with E-state index in [9.17, 15) is 5.11 Å². The molecule has 0 amide bonds. The molecule has 1 N–H and O–H groups in total. The highest BCUT2D eigenvalue weighted by Gasteiger charge is 2.35. The summed E-state index contributed by atoms with van der Waals surface area (Å²) in [4.78, 5) is 2.40. The van der Waals surface area contributed by atoms with Gasteiger partial charge < -0.3 is 14.6 Å². The van der Waals surface area contributed by atoms with E-state index < -0.39 is 0 Å². The predicted octanol–water partition coefficient (Wildman–Crippen LogP) is 3.21. The summed E-state index contributed by atoms with van der Waals surface area (Å²) >= 11 is 0. The van der Waals surface area contributed by atoms with Crippen LogP contribution in [-0.4, -0.2) is 42.4 Å². The third kappa shape index (κ3) is 2.61. The second-order valence-electron chi connectivity index (χ2n) is 7.22. The molecule has 2 atom stereocenters. The lowest BCUT2D eigenvalue weighted by Gasteiger charge is -2.34. The van der Waals surface area contributed by atoms with Crippen molar-refractivity contribution in [1.29, 1.82) is 0 Å². The molecule has 2 heterocycles. The molecule has 0 unspecified atom stereocenters. The molecular formula is C22H23NO3. The summed E-state index contributed by atoms with van der Waals surface area (Å²) in [7, 11) is 0. The molecule has 4 heteroatoms. The van der Waals surface area contributed by atoms with Gasteiger partial charge in [0.1, 0.15) is 13.2 Å². The van der Waals surface area contributed by atoms with Crippen molar-refractivity contribution in [3.63, 3.8) is 0 Å². The van der Waals surface area contributed by atoms with Gasteiger partial charge in [0.2, 0.25) is 0 Å². The van der Waals surface area contributed by atoms with Crippen LogP contribution < -0.4 is 9.47 Å². The number of para-hydroxylation sites is 1. The summed E-state index contributed by atoms with van der Waals surface area (Å²) in [5, 5.41) is 10.7. The Morgan fingerprint density at radius 3 is 2.73 bits per heavy atom. The van der Waals surface area contributed by atoms with Crippen LogP contribution in [0.4, 0.5) is 0 Å². The molecule has 0 radical (unpaired) electrons. The van der Waals surface area contributed by atoms with Crippen molar-refractivity contribution >= 4 is 5.57 Å². The number of nitrogens with zero attached hydrogens (tertiary/aromatic N) is 1. The summed E-state index contributed by atoms with van der Waals surface area (Å²) < 4.78 is 11.6. The zero-order valence-electron chi connectivity index (χ0n) is 14.7. The van der Waals surface area contributed by atoms with E-state index in [1.165, 1.54) is 11.1 Å². The van der Waals surface area contributed by atoms with E-state index in [1.54, 1.807) is 0 Å². The Bertz CT molecular complexity index is 860. The Kier molecular flexibility index (Phi) is 3.95. The van der Waals surface area contributed by atoms with Crippen LogP contribution in [0.1, 0.15) is 29.2 Å². The van der Waals surface area contributed by atoms with Gasteiger partial charge in [0.25, 0.3) is 0 Å². The van der Waals surface area contributed by atoms with Crippen molar-refractivity contribution < 1.29 is 14.6 Å². The molecule has 0 saturated carbocycles. The zero-order valence-corrected chi connectivity index (χ0v) is 14.7. The standard InChI is InChI=1S/C22H23NO3/c24-21-17-5-2-1-4-16(17)14-19(21)23-10-8-15(9-11-23)18-6-3-7-20-22(18)26-13-12-25-20/h1-8,19,21,24H,9-14H2/t19-,21-/m0/s1. The Hall–Kier alpha value is -2.30. The molecule has 0 fully saturated rings. The van der Waals surface area contributed by atoms with E-state index in [4.69, 9.17) is 9.47 Å². The number of aliphatic hydroxyl groups is 1. The van der Waals surface area contributed by atoms with E-state index in [0.29, 0.717) is 13.2 Å². The minimum atomic E-state index is -0.387. The summed E-state index contributed by atoms with van der Waals surface area (Å²) in [5.74, 6) is 1.73. The smallest absolute Gasteiger partial charge is 0.168 e. The maximum Gasteiger partial charge on any atom is 0.168 e. The number of ether oxygens (including phenoxy) is 2. The van der Waals surface area contributed by atoms with Crippen LogP contribution in [0, 0.1) is 0 Å². The molecule has 2 aromatic carbocycles. The molecule has 0 bridgehead atoms. The van der Waals surface area contributed by atoms with Crippen molar-refractivity contribution in [2.75, 3.05) is 26.3 Å². The highest BCUT2D eigenvalue weighted by Crippen LogP contribution is 2.40. The zero-order chi connectivity index (χ0) is 17.5. The monoisotopic (exact) mass is 349 g/mol. The van der Waals surface area contributed by atoms with E-state index in [0.717, 1.165) is 48.6 Å². The van der Waals surface area contributed by atoms with Gasteiger partial charge in [0.15, 0.2) is 11.5 Å². The SMILES string of the molecule is O[C@H]1c2ccccc2C[C@@H]1N1CC=C(c2cccc3c2OCCO3)CC1. The first-order valence-electron chi connectivity index (χ1n) is 9.39. The molecule has 0 saturated heterocycles. The lowest BCUT2D eigenvalue weighted by atomic mass is 9.96. The largest absolute Gasteiger partial charge is 0.486 e. The second-order valence-corrected chi connectivity index (χ2v) is 7.22. The van der Waals surface area contributed by atoms with Gasteiger partial charge in [-0.15, -0.1) is 0 Å². The predicted molar refractivity (Wildman–Crippen MR) is 100 cm³/mol. The van der Waals surface area contributed by atoms with Gasteiger partial charge in [-0.3, -0.25) is 4.90 Å². The highest BCUT2D eigenvalue weighted by atomic mass is 16.6. The van der Waals surface area contributed by atoms with Crippen molar-refractivity contribution in [2.24, 2.45) is 0 Å². The normalized spacial score (nSPS) is 24.9. The summed E-state index contributed by atoms with van der Waals surface area (Å²) in [5.41, 5.74) is 4.84. The molecule has 3 aliphatic rings. The van der Waals surface area contributed by atoms with E-state index in [2.05, 4.69) is 35.2 Å². The average Bonchev–Trinajstić information content (AvgIpc) is 3.05. The molecule has 0 aromatic heterocycles. The molecule has 2 aromatic rings. The van der Waals surface area contributed by atoms with Gasteiger partial charge >= 0.3 is 0 Å². The molecule has 134 valence electrons. The fraction of sp³-hybridized carbons (Fsp3) is 0.364. The highest BCUT2D eigenvalue weighted by molar-refractivity contribution is 5.74. The van der Waals surface area contributed by atoms with Gasteiger partial charge in [0.05, 0.1) is 6.10 Å². The Labute approximate surface area is 153 Å². The van der Waals surface area contributed by atoms with Crippen molar-refractivity contribution in [2.45, 2.75) is 25.0 Å². The summed E-state index contributed by atoms with van der Waals surface area (Å²) in [6.45, 7) is 3.03. The Morgan fingerprint density at radius 2 is 1.88 bits per heavy atom. The van der Waals surface area contributed by atoms with E-state index >= 15 is 0 Å². The molecular weight excluding hydrogens is 326 g/mol. The lowest BCUT2D eigenvalue weighted by molar-refractivity contribution is 0.0669. The number of hydrogen-bond donors (Lipinski definition) is 1. The van der Waals surface area contributed by atoms with Crippen LogP contribution in [0.5, 0.6) is 11.5 Å². The molecule has 0 spiro atoms. The first kappa shape index (κ1) is 15.9. The quantitative estimate of drug-likeness (QED) is 0.904. The molecule has 4 nitrogen and oxygen atoms in total. The van der Waals surface area contributed by atoms with Gasteiger partial charge in [-0.1, -0.05) is 42.5 Å². The first-order valence-corrected chi connectivity index (χ1v) is 9.39. The third-order valence-electron chi connectivity index (χ3n) is 5.79. The molecule has 1 aliphatic carbocycles. The molecule has 26 heavy (non-hydrogen) atoms. The third-order valence-corrected chi connectivity index (χ3v) is 5.79. The number of hydrogen-bond acceptors (Lipinski definition) is 4. The van der Waals surface area contributed by atoms with Crippen LogP contribution in [0.25, 0.3) is 5.57 Å². The maximum atomic E-state index is 10.7. The number of benzene rings is 2. The van der Waals surface area contributed by atoms with Crippen LogP contribution in [0.2, 0.25) is 0 Å². The first-order chi connectivity index (χ1) is 12.8. The fourth-order valence-electron chi connectivity index (χ4n) is 4.44. The van der Waals surface area contributed by atoms with E-state index in [1.807, 2.05) is 18.2 Å². The second kappa shape index (κ2) is 6.45. The van der Waals surface area contributed by atoms with Crippen LogP contribution in [-0.2, 0) is 6.42 Å². The van der Waals surface area contributed by atoms with Crippen molar-refractivity contribution in [1.82, 2.24) is 4.90 Å².